The highest BCUT2D eigenvalue weighted by Crippen LogP contribution is 2.33. The van der Waals surface area contributed by atoms with Crippen LogP contribution in [0.1, 0.15) is 18.9 Å². The van der Waals surface area contributed by atoms with Crippen LogP contribution in [0.25, 0.3) is 0 Å². The summed E-state index contributed by atoms with van der Waals surface area (Å²) in [6.45, 7) is 5.44. The number of morpholine rings is 1. The van der Waals surface area contributed by atoms with Crippen LogP contribution in [-0.4, -0.2) is 69.1 Å². The molecule has 3 rings (SSSR count). The van der Waals surface area contributed by atoms with Crippen molar-refractivity contribution in [2.45, 2.75) is 31.4 Å². The SMILES string of the molecule is CCOC[C@H]1C[C@@]2(COCCN2C(=O)Cc2ccc(OC)cc2)CO1. The van der Waals surface area contributed by atoms with Gasteiger partial charge >= 0.3 is 0 Å². The van der Waals surface area contributed by atoms with Crippen LogP contribution in [0.4, 0.5) is 0 Å². The standard InChI is InChI=1S/C19H27NO5/c1-3-23-12-17-11-19(14-25-17)13-24-9-8-20(19)18(21)10-15-4-6-16(22-2)7-5-15/h4-7,17H,3,8-14H2,1-2H3/t17-,19-/m1/s1. The molecule has 0 aromatic heterocycles. The van der Waals surface area contributed by atoms with Crippen molar-refractivity contribution in [1.82, 2.24) is 4.90 Å². The number of amides is 1. The van der Waals surface area contributed by atoms with E-state index in [1.807, 2.05) is 36.1 Å². The largest absolute Gasteiger partial charge is 0.497 e. The van der Waals surface area contributed by atoms with Gasteiger partial charge in [-0.05, 0) is 24.6 Å². The van der Waals surface area contributed by atoms with Gasteiger partial charge in [0.05, 0.1) is 51.6 Å². The molecule has 2 aliphatic rings. The molecule has 0 radical (unpaired) electrons. The molecule has 0 aliphatic carbocycles. The second kappa shape index (κ2) is 8.17. The molecule has 2 fully saturated rings. The summed E-state index contributed by atoms with van der Waals surface area (Å²) >= 11 is 0. The summed E-state index contributed by atoms with van der Waals surface area (Å²) in [5.74, 6) is 0.913. The van der Waals surface area contributed by atoms with Gasteiger partial charge in [0.15, 0.2) is 0 Å². The van der Waals surface area contributed by atoms with Gasteiger partial charge in [0.1, 0.15) is 5.75 Å². The van der Waals surface area contributed by atoms with Gasteiger partial charge in [-0.25, -0.2) is 0 Å². The first-order valence-electron chi connectivity index (χ1n) is 8.87. The highest BCUT2D eigenvalue weighted by Gasteiger charge is 2.48. The summed E-state index contributed by atoms with van der Waals surface area (Å²) in [4.78, 5) is 14.9. The fourth-order valence-corrected chi connectivity index (χ4v) is 3.60. The first kappa shape index (κ1) is 18.2. The minimum absolute atomic E-state index is 0.0259. The van der Waals surface area contributed by atoms with Gasteiger partial charge in [-0.1, -0.05) is 12.1 Å². The van der Waals surface area contributed by atoms with Crippen LogP contribution >= 0.6 is 0 Å². The molecule has 6 heteroatoms. The number of hydrogen-bond acceptors (Lipinski definition) is 5. The Bertz CT molecular complexity index is 576. The van der Waals surface area contributed by atoms with Crippen molar-refractivity contribution in [3.8, 4) is 5.75 Å². The Balaban J connectivity index is 1.66. The third-order valence-electron chi connectivity index (χ3n) is 4.92. The van der Waals surface area contributed by atoms with Gasteiger partial charge in [-0.15, -0.1) is 0 Å². The number of nitrogens with zero attached hydrogens (tertiary/aromatic N) is 1. The Labute approximate surface area is 149 Å². The highest BCUT2D eigenvalue weighted by molar-refractivity contribution is 5.80. The number of hydrogen-bond donors (Lipinski definition) is 0. The van der Waals surface area contributed by atoms with Crippen LogP contribution in [0.3, 0.4) is 0 Å². The molecule has 6 nitrogen and oxygen atoms in total. The minimum atomic E-state index is -0.358. The molecule has 1 aromatic carbocycles. The van der Waals surface area contributed by atoms with E-state index >= 15 is 0 Å². The Morgan fingerprint density at radius 1 is 1.32 bits per heavy atom. The van der Waals surface area contributed by atoms with Gasteiger partial charge in [0, 0.05) is 19.6 Å². The fourth-order valence-electron chi connectivity index (χ4n) is 3.60. The summed E-state index contributed by atoms with van der Waals surface area (Å²) in [5, 5.41) is 0. The molecule has 1 amide bonds. The van der Waals surface area contributed by atoms with Crippen molar-refractivity contribution in [1.29, 1.82) is 0 Å². The zero-order chi connectivity index (χ0) is 17.7. The molecule has 2 saturated heterocycles. The minimum Gasteiger partial charge on any atom is -0.497 e. The lowest BCUT2D eigenvalue weighted by Crippen LogP contribution is -2.60. The van der Waals surface area contributed by atoms with Gasteiger partial charge in [-0.3, -0.25) is 4.79 Å². The highest BCUT2D eigenvalue weighted by atomic mass is 16.5. The molecular formula is C19H27NO5. The lowest BCUT2D eigenvalue weighted by molar-refractivity contribution is -0.148. The van der Waals surface area contributed by atoms with Crippen molar-refractivity contribution < 1.29 is 23.7 Å². The number of methoxy groups -OCH3 is 1. The predicted molar refractivity (Wildman–Crippen MR) is 92.8 cm³/mol. The van der Waals surface area contributed by atoms with E-state index in [0.717, 1.165) is 17.7 Å². The summed E-state index contributed by atoms with van der Waals surface area (Å²) in [6.07, 6.45) is 1.17. The van der Waals surface area contributed by atoms with Gasteiger partial charge < -0.3 is 23.8 Å². The Morgan fingerprint density at radius 2 is 2.12 bits per heavy atom. The quantitative estimate of drug-likeness (QED) is 0.782. The van der Waals surface area contributed by atoms with E-state index < -0.39 is 0 Å². The molecule has 2 atom stereocenters. The molecule has 138 valence electrons. The van der Waals surface area contributed by atoms with Gasteiger partial charge in [-0.2, -0.15) is 0 Å². The Kier molecular flexibility index (Phi) is 5.93. The second-order valence-corrected chi connectivity index (χ2v) is 6.64. The predicted octanol–water partition coefficient (Wildman–Crippen LogP) is 1.66. The normalized spacial score (nSPS) is 26.2. The molecule has 0 bridgehead atoms. The number of ether oxygens (including phenoxy) is 4. The number of carbonyl (C=O) groups is 1. The van der Waals surface area contributed by atoms with E-state index in [4.69, 9.17) is 18.9 Å². The van der Waals surface area contributed by atoms with Crippen LogP contribution in [-0.2, 0) is 25.4 Å². The molecule has 0 unspecified atom stereocenters. The molecule has 0 N–H and O–H groups in total. The molecule has 2 aliphatic heterocycles. The third kappa shape index (κ3) is 4.14. The van der Waals surface area contributed by atoms with Crippen LogP contribution < -0.4 is 4.74 Å². The van der Waals surface area contributed by atoms with Crippen molar-refractivity contribution in [2.75, 3.05) is 46.7 Å². The van der Waals surface area contributed by atoms with E-state index in [-0.39, 0.29) is 17.6 Å². The summed E-state index contributed by atoms with van der Waals surface area (Å²) < 4.78 is 22.2. The summed E-state index contributed by atoms with van der Waals surface area (Å²) in [7, 11) is 1.64. The average molecular weight is 349 g/mol. The maximum absolute atomic E-state index is 13.0. The molecule has 1 aromatic rings. The van der Waals surface area contributed by atoms with Crippen molar-refractivity contribution in [3.05, 3.63) is 29.8 Å². The van der Waals surface area contributed by atoms with Crippen LogP contribution in [0.5, 0.6) is 5.75 Å². The number of carbonyl (C=O) groups excluding carboxylic acids is 1. The molecule has 1 spiro atoms. The maximum atomic E-state index is 13.0. The second-order valence-electron chi connectivity index (χ2n) is 6.64. The fraction of sp³-hybridized carbons (Fsp3) is 0.632. The van der Waals surface area contributed by atoms with E-state index in [0.29, 0.717) is 46.0 Å². The smallest absolute Gasteiger partial charge is 0.227 e. The van der Waals surface area contributed by atoms with Crippen LogP contribution in [0, 0.1) is 0 Å². The van der Waals surface area contributed by atoms with E-state index in [1.165, 1.54) is 0 Å². The topological polar surface area (TPSA) is 57.2 Å². The zero-order valence-corrected chi connectivity index (χ0v) is 15.0. The first-order valence-corrected chi connectivity index (χ1v) is 8.87. The van der Waals surface area contributed by atoms with Crippen molar-refractivity contribution in [3.63, 3.8) is 0 Å². The molecule has 25 heavy (non-hydrogen) atoms. The van der Waals surface area contributed by atoms with Gasteiger partial charge in [0.25, 0.3) is 0 Å². The van der Waals surface area contributed by atoms with E-state index in [1.54, 1.807) is 7.11 Å². The number of benzene rings is 1. The molecule has 0 saturated carbocycles. The van der Waals surface area contributed by atoms with Crippen LogP contribution in [0.2, 0.25) is 0 Å². The average Bonchev–Trinajstić information content (AvgIpc) is 3.04. The lowest BCUT2D eigenvalue weighted by atomic mass is 9.92. The van der Waals surface area contributed by atoms with E-state index in [9.17, 15) is 4.79 Å². The lowest BCUT2D eigenvalue weighted by Gasteiger charge is -2.43. The van der Waals surface area contributed by atoms with Crippen molar-refractivity contribution in [2.24, 2.45) is 0 Å². The summed E-state index contributed by atoms with van der Waals surface area (Å²) in [5.41, 5.74) is 0.626. The number of rotatable bonds is 6. The van der Waals surface area contributed by atoms with Crippen molar-refractivity contribution >= 4 is 5.91 Å². The van der Waals surface area contributed by atoms with Gasteiger partial charge in [0.2, 0.25) is 5.91 Å². The van der Waals surface area contributed by atoms with E-state index in [2.05, 4.69) is 0 Å². The Hall–Kier alpha value is -1.63. The Morgan fingerprint density at radius 3 is 2.84 bits per heavy atom. The zero-order valence-electron chi connectivity index (χ0n) is 15.0. The maximum Gasteiger partial charge on any atom is 0.227 e. The summed E-state index contributed by atoms with van der Waals surface area (Å²) in [6, 6.07) is 7.64. The monoisotopic (exact) mass is 349 g/mol. The molecular weight excluding hydrogens is 322 g/mol. The molecule has 2 heterocycles. The third-order valence-corrected chi connectivity index (χ3v) is 4.92. The first-order chi connectivity index (χ1) is 12.2. The van der Waals surface area contributed by atoms with Crippen LogP contribution in [0.15, 0.2) is 24.3 Å².